The molecule has 146 valence electrons. The average molecular weight is 398 g/mol. The van der Waals surface area contributed by atoms with Gasteiger partial charge in [-0.3, -0.25) is 9.69 Å². The van der Waals surface area contributed by atoms with Crippen molar-refractivity contribution < 1.29 is 14.6 Å². The van der Waals surface area contributed by atoms with E-state index in [1.54, 1.807) is 6.20 Å². The van der Waals surface area contributed by atoms with Crippen molar-refractivity contribution in [1.29, 1.82) is 0 Å². The van der Waals surface area contributed by atoms with Crippen molar-refractivity contribution in [2.24, 2.45) is 0 Å². The number of morpholine rings is 1. The van der Waals surface area contributed by atoms with E-state index in [9.17, 15) is 9.90 Å². The number of aliphatic hydroxyl groups is 1. The molecule has 7 heteroatoms. The molecular weight excluding hydrogens is 374 g/mol. The van der Waals surface area contributed by atoms with Gasteiger partial charge in [0.05, 0.1) is 30.1 Å². The summed E-state index contributed by atoms with van der Waals surface area (Å²) in [5.41, 5.74) is 0.929. The number of thiophene rings is 1. The Labute approximate surface area is 167 Å². The second kappa shape index (κ2) is 8.36. The summed E-state index contributed by atoms with van der Waals surface area (Å²) in [6.07, 6.45) is 1.65. The van der Waals surface area contributed by atoms with Crippen molar-refractivity contribution in [3.05, 3.63) is 65.3 Å². The molecule has 2 N–H and O–H groups in total. The monoisotopic (exact) mass is 397 g/mol. The van der Waals surface area contributed by atoms with E-state index in [1.165, 1.54) is 16.9 Å². The predicted molar refractivity (Wildman–Crippen MR) is 109 cm³/mol. The van der Waals surface area contributed by atoms with Crippen LogP contribution in [0, 0.1) is 0 Å². The Morgan fingerprint density at radius 2 is 2.14 bits per heavy atom. The van der Waals surface area contributed by atoms with E-state index in [0.717, 1.165) is 10.1 Å². The number of carbonyl (C=O) groups excluding carboxylic acids is 1. The summed E-state index contributed by atoms with van der Waals surface area (Å²) < 4.78 is 6.55. The van der Waals surface area contributed by atoms with Gasteiger partial charge in [-0.05, 0) is 28.5 Å². The summed E-state index contributed by atoms with van der Waals surface area (Å²) in [6, 6.07) is 14.0. The van der Waals surface area contributed by atoms with Gasteiger partial charge in [0.1, 0.15) is 5.69 Å². The van der Waals surface area contributed by atoms with Gasteiger partial charge in [-0.15, -0.1) is 11.3 Å². The summed E-state index contributed by atoms with van der Waals surface area (Å²) >= 11 is 1.50. The van der Waals surface area contributed by atoms with Crippen molar-refractivity contribution in [2.75, 3.05) is 32.9 Å². The third kappa shape index (κ3) is 3.79. The van der Waals surface area contributed by atoms with Crippen LogP contribution in [0.5, 0.6) is 0 Å². The number of fused-ring (bicyclic) bond motifs is 1. The van der Waals surface area contributed by atoms with Gasteiger partial charge in [0.2, 0.25) is 0 Å². The van der Waals surface area contributed by atoms with Gasteiger partial charge < -0.3 is 15.2 Å². The highest BCUT2D eigenvalue weighted by atomic mass is 32.1. The van der Waals surface area contributed by atoms with Crippen LogP contribution >= 0.6 is 11.3 Å². The molecule has 3 aromatic rings. The Morgan fingerprint density at radius 1 is 1.29 bits per heavy atom. The normalized spacial score (nSPS) is 20.3. The lowest BCUT2D eigenvalue weighted by Crippen LogP contribution is -2.64. The molecule has 0 bridgehead atoms. The van der Waals surface area contributed by atoms with E-state index >= 15 is 0 Å². The highest BCUT2D eigenvalue weighted by Crippen LogP contribution is 2.25. The number of aromatic nitrogens is 1. The SMILES string of the molecule is O=C(NCC1(CO)COCCN1Cc1ccccc1)c1nccc2ccsc12. The van der Waals surface area contributed by atoms with E-state index in [4.69, 9.17) is 4.74 Å². The van der Waals surface area contributed by atoms with Gasteiger partial charge >= 0.3 is 0 Å². The number of amides is 1. The zero-order valence-corrected chi connectivity index (χ0v) is 16.3. The number of pyridine rings is 1. The lowest BCUT2D eigenvalue weighted by atomic mass is 9.96. The Kier molecular flexibility index (Phi) is 5.68. The molecule has 2 aromatic heterocycles. The molecule has 0 spiro atoms. The molecule has 1 saturated heterocycles. The van der Waals surface area contributed by atoms with Crippen LogP contribution < -0.4 is 5.32 Å². The van der Waals surface area contributed by atoms with Crippen molar-refractivity contribution in [1.82, 2.24) is 15.2 Å². The molecule has 0 saturated carbocycles. The van der Waals surface area contributed by atoms with Gasteiger partial charge in [0.25, 0.3) is 5.91 Å². The predicted octanol–water partition coefficient (Wildman–Crippen LogP) is 2.29. The maximum absolute atomic E-state index is 12.8. The molecular formula is C21H23N3O3S. The highest BCUT2D eigenvalue weighted by molar-refractivity contribution is 7.17. The van der Waals surface area contributed by atoms with Crippen molar-refractivity contribution in [3.63, 3.8) is 0 Å². The molecule has 1 aliphatic rings. The molecule has 4 rings (SSSR count). The summed E-state index contributed by atoms with van der Waals surface area (Å²) in [7, 11) is 0. The van der Waals surface area contributed by atoms with E-state index < -0.39 is 5.54 Å². The number of hydrogen-bond acceptors (Lipinski definition) is 6. The maximum atomic E-state index is 12.8. The fourth-order valence-corrected chi connectivity index (χ4v) is 4.44. The average Bonchev–Trinajstić information content (AvgIpc) is 3.23. The molecule has 0 radical (unpaired) electrons. The number of rotatable bonds is 6. The fraction of sp³-hybridized carbons (Fsp3) is 0.333. The molecule has 1 aliphatic heterocycles. The zero-order chi connectivity index (χ0) is 19.4. The number of ether oxygens (including phenoxy) is 1. The van der Waals surface area contributed by atoms with Crippen LogP contribution in [0.1, 0.15) is 16.1 Å². The number of hydrogen-bond donors (Lipinski definition) is 2. The van der Waals surface area contributed by atoms with Crippen LogP contribution in [0.3, 0.4) is 0 Å². The lowest BCUT2D eigenvalue weighted by molar-refractivity contribution is -0.0934. The first-order chi connectivity index (χ1) is 13.7. The van der Waals surface area contributed by atoms with Crippen LogP contribution in [0.15, 0.2) is 54.0 Å². The van der Waals surface area contributed by atoms with Crippen LogP contribution in [0.25, 0.3) is 10.1 Å². The third-order valence-electron chi connectivity index (χ3n) is 5.22. The molecule has 1 atom stereocenters. The quantitative estimate of drug-likeness (QED) is 0.668. The fourth-order valence-electron chi connectivity index (χ4n) is 3.56. The summed E-state index contributed by atoms with van der Waals surface area (Å²) in [5, 5.41) is 16.2. The molecule has 3 heterocycles. The molecule has 1 aromatic carbocycles. The zero-order valence-electron chi connectivity index (χ0n) is 15.5. The molecule has 1 unspecified atom stereocenters. The largest absolute Gasteiger partial charge is 0.394 e. The van der Waals surface area contributed by atoms with E-state index in [2.05, 4.69) is 27.3 Å². The van der Waals surface area contributed by atoms with Gasteiger partial charge in [-0.1, -0.05) is 30.3 Å². The number of aliphatic hydroxyl groups excluding tert-OH is 1. The molecule has 28 heavy (non-hydrogen) atoms. The topological polar surface area (TPSA) is 74.7 Å². The minimum absolute atomic E-state index is 0.100. The van der Waals surface area contributed by atoms with Crippen LogP contribution in [-0.4, -0.2) is 59.3 Å². The van der Waals surface area contributed by atoms with Gasteiger partial charge in [0, 0.05) is 25.8 Å². The second-order valence-electron chi connectivity index (χ2n) is 7.02. The Balaban J connectivity index is 1.51. The highest BCUT2D eigenvalue weighted by Gasteiger charge is 2.39. The Morgan fingerprint density at radius 3 is 2.96 bits per heavy atom. The van der Waals surface area contributed by atoms with Crippen LogP contribution in [0.4, 0.5) is 0 Å². The molecule has 0 aliphatic carbocycles. The van der Waals surface area contributed by atoms with Crippen molar-refractivity contribution in [3.8, 4) is 0 Å². The second-order valence-corrected chi connectivity index (χ2v) is 7.94. The first-order valence-corrected chi connectivity index (χ1v) is 10.2. The summed E-state index contributed by atoms with van der Waals surface area (Å²) in [6.45, 7) is 2.56. The Hall–Kier alpha value is -2.32. The van der Waals surface area contributed by atoms with E-state index in [0.29, 0.717) is 38.5 Å². The van der Waals surface area contributed by atoms with Gasteiger partial charge in [-0.2, -0.15) is 0 Å². The smallest absolute Gasteiger partial charge is 0.271 e. The third-order valence-corrected chi connectivity index (χ3v) is 6.16. The first-order valence-electron chi connectivity index (χ1n) is 9.30. The van der Waals surface area contributed by atoms with Crippen molar-refractivity contribution >= 4 is 27.3 Å². The minimum atomic E-state index is -0.660. The van der Waals surface area contributed by atoms with E-state index in [-0.39, 0.29) is 12.5 Å². The molecule has 6 nitrogen and oxygen atoms in total. The summed E-state index contributed by atoms with van der Waals surface area (Å²) in [5.74, 6) is -0.230. The lowest BCUT2D eigenvalue weighted by Gasteiger charge is -2.46. The van der Waals surface area contributed by atoms with Crippen LogP contribution in [-0.2, 0) is 11.3 Å². The number of carbonyl (C=O) groups is 1. The first kappa shape index (κ1) is 19.0. The minimum Gasteiger partial charge on any atom is -0.394 e. The van der Waals surface area contributed by atoms with Crippen LogP contribution in [0.2, 0.25) is 0 Å². The Bertz CT molecular complexity index is 946. The molecule has 1 amide bonds. The van der Waals surface area contributed by atoms with Crippen molar-refractivity contribution in [2.45, 2.75) is 12.1 Å². The standard InChI is InChI=1S/C21H23N3O3S/c25-14-21(15-27-10-9-24(21)12-16-4-2-1-3-5-16)13-23-20(26)18-19-17(6-8-22-18)7-11-28-19/h1-8,11,25H,9-10,12-15H2,(H,23,26). The maximum Gasteiger partial charge on any atom is 0.271 e. The van der Waals surface area contributed by atoms with E-state index in [1.807, 2.05) is 35.7 Å². The van der Waals surface area contributed by atoms with Gasteiger partial charge in [0.15, 0.2) is 0 Å². The summed E-state index contributed by atoms with van der Waals surface area (Å²) in [4.78, 5) is 19.3. The number of benzene rings is 1. The van der Waals surface area contributed by atoms with Gasteiger partial charge in [-0.25, -0.2) is 4.98 Å². The number of nitrogens with zero attached hydrogens (tertiary/aromatic N) is 2. The number of nitrogens with one attached hydrogen (secondary N) is 1. The molecule has 1 fully saturated rings.